The Balaban J connectivity index is 0.00000171. The van der Waals surface area contributed by atoms with Crippen LogP contribution in [0.15, 0.2) is 115 Å². The van der Waals surface area contributed by atoms with E-state index in [0.29, 0.717) is 0 Å². The van der Waals surface area contributed by atoms with E-state index in [1.54, 1.807) is 0 Å². The average molecular weight is 627 g/mol. The molecule has 0 saturated carbocycles. The van der Waals surface area contributed by atoms with E-state index in [4.69, 9.17) is 0 Å². The SMILES string of the molecule is Cc1sc2ccccc2[n+]1CCCC[P+](c1ccccc1)(c1ccccc1)c1ccccc1.[Br-].[Br-]. The molecule has 0 aliphatic carbocycles. The van der Waals surface area contributed by atoms with Crippen molar-refractivity contribution in [3.05, 3.63) is 120 Å². The third-order valence-electron chi connectivity index (χ3n) is 6.51. The Kier molecular flexibility index (Phi) is 10.2. The van der Waals surface area contributed by atoms with Crippen LogP contribution in [0.2, 0.25) is 0 Å². The monoisotopic (exact) mass is 625 g/mol. The molecule has 35 heavy (non-hydrogen) atoms. The number of hydrogen-bond acceptors (Lipinski definition) is 1. The van der Waals surface area contributed by atoms with Crippen LogP contribution in [-0.4, -0.2) is 6.16 Å². The Morgan fingerprint density at radius 2 is 1.06 bits per heavy atom. The highest BCUT2D eigenvalue weighted by Crippen LogP contribution is 2.55. The first kappa shape index (κ1) is 27.7. The summed E-state index contributed by atoms with van der Waals surface area (Å²) >= 11 is 1.90. The number of halogens is 2. The van der Waals surface area contributed by atoms with Crippen molar-refractivity contribution in [2.45, 2.75) is 26.3 Å². The minimum absolute atomic E-state index is 0. The molecule has 0 spiro atoms. The number of nitrogens with zero attached hydrogens (tertiary/aromatic N) is 1. The number of thiazole rings is 1. The highest BCUT2D eigenvalue weighted by Gasteiger charge is 2.44. The summed E-state index contributed by atoms with van der Waals surface area (Å²) in [5.74, 6) is 0. The highest BCUT2D eigenvalue weighted by atomic mass is 79.9. The van der Waals surface area contributed by atoms with E-state index < -0.39 is 7.26 Å². The minimum Gasteiger partial charge on any atom is -1.00 e. The van der Waals surface area contributed by atoms with Gasteiger partial charge in [-0.1, -0.05) is 78.1 Å². The lowest BCUT2D eigenvalue weighted by molar-refractivity contribution is -0.673. The Morgan fingerprint density at radius 1 is 0.600 bits per heavy atom. The van der Waals surface area contributed by atoms with Gasteiger partial charge in [0.1, 0.15) is 34.4 Å². The van der Waals surface area contributed by atoms with Gasteiger partial charge in [0.2, 0.25) is 10.5 Å². The van der Waals surface area contributed by atoms with Crippen molar-refractivity contribution < 1.29 is 38.5 Å². The minimum atomic E-state index is -1.73. The van der Waals surface area contributed by atoms with E-state index in [1.165, 1.54) is 50.1 Å². The number of unbranched alkanes of at least 4 members (excludes halogenated alkanes) is 1. The second kappa shape index (κ2) is 12.9. The first-order chi connectivity index (χ1) is 16.3. The van der Waals surface area contributed by atoms with E-state index in [1.807, 2.05) is 11.3 Å². The lowest BCUT2D eigenvalue weighted by Crippen LogP contribution is -3.00. The molecule has 0 aliphatic heterocycles. The number of fused-ring (bicyclic) bond motifs is 1. The molecular weight excluding hydrogens is 597 g/mol. The largest absolute Gasteiger partial charge is 1.00 e. The zero-order valence-electron chi connectivity index (χ0n) is 19.9. The van der Waals surface area contributed by atoms with Crippen molar-refractivity contribution in [3.63, 3.8) is 0 Å². The molecule has 0 unspecified atom stereocenters. The summed E-state index contributed by atoms with van der Waals surface area (Å²) in [5, 5.41) is 5.83. The number of aryl methyl sites for hydroxylation is 2. The third kappa shape index (κ3) is 5.78. The molecule has 0 radical (unpaired) electrons. The van der Waals surface area contributed by atoms with Crippen LogP contribution < -0.4 is 54.4 Å². The molecular formula is C30H30Br2NPS. The quantitative estimate of drug-likeness (QED) is 0.132. The van der Waals surface area contributed by atoms with Crippen molar-refractivity contribution in [2.24, 2.45) is 0 Å². The van der Waals surface area contributed by atoms with Gasteiger partial charge in [-0.05, 0) is 48.9 Å². The predicted octanol–water partition coefficient (Wildman–Crippen LogP) is 0.280. The van der Waals surface area contributed by atoms with Crippen molar-refractivity contribution in [1.82, 2.24) is 0 Å². The predicted molar refractivity (Wildman–Crippen MR) is 146 cm³/mol. The fourth-order valence-corrected chi connectivity index (χ4v) is 10.4. The van der Waals surface area contributed by atoms with Crippen LogP contribution in [0.5, 0.6) is 0 Å². The Bertz CT molecular complexity index is 1230. The molecule has 4 aromatic carbocycles. The molecule has 0 atom stereocenters. The summed E-state index contributed by atoms with van der Waals surface area (Å²) in [5.41, 5.74) is 1.37. The maximum absolute atomic E-state index is 2.51. The van der Waals surface area contributed by atoms with Gasteiger partial charge in [0.25, 0.3) is 0 Å². The molecule has 0 N–H and O–H groups in total. The van der Waals surface area contributed by atoms with Crippen molar-refractivity contribution >= 4 is 44.7 Å². The van der Waals surface area contributed by atoms with Crippen LogP contribution in [0, 0.1) is 6.92 Å². The number of para-hydroxylation sites is 1. The van der Waals surface area contributed by atoms with Crippen molar-refractivity contribution in [2.75, 3.05) is 6.16 Å². The van der Waals surface area contributed by atoms with Gasteiger partial charge >= 0.3 is 0 Å². The summed E-state index contributed by atoms with van der Waals surface area (Å²) in [6.07, 6.45) is 3.57. The van der Waals surface area contributed by atoms with Gasteiger partial charge in [0.15, 0.2) is 0 Å². The average Bonchev–Trinajstić information content (AvgIpc) is 3.21. The first-order valence-electron chi connectivity index (χ1n) is 11.7. The molecule has 0 amide bonds. The number of rotatable bonds is 8. The molecule has 1 nitrogen and oxygen atoms in total. The summed E-state index contributed by atoms with van der Waals surface area (Å²) in [6, 6.07) is 42.5. The maximum Gasteiger partial charge on any atom is 0.235 e. The molecule has 0 aliphatic rings. The van der Waals surface area contributed by atoms with Gasteiger partial charge in [-0.2, -0.15) is 4.57 Å². The number of benzene rings is 4. The van der Waals surface area contributed by atoms with E-state index in [9.17, 15) is 0 Å². The summed E-state index contributed by atoms with van der Waals surface area (Å²) in [4.78, 5) is 0. The smallest absolute Gasteiger partial charge is 0.235 e. The van der Waals surface area contributed by atoms with Crippen LogP contribution >= 0.6 is 18.6 Å². The van der Waals surface area contributed by atoms with Gasteiger partial charge in [0, 0.05) is 19.4 Å². The summed E-state index contributed by atoms with van der Waals surface area (Å²) in [7, 11) is -1.73. The normalized spacial score (nSPS) is 11.0. The van der Waals surface area contributed by atoms with Crippen molar-refractivity contribution in [1.29, 1.82) is 0 Å². The fourth-order valence-electron chi connectivity index (χ4n) is 4.93. The molecule has 5 rings (SSSR count). The molecule has 180 valence electrons. The Labute approximate surface area is 234 Å². The van der Waals surface area contributed by atoms with Gasteiger partial charge < -0.3 is 34.0 Å². The van der Waals surface area contributed by atoms with Gasteiger partial charge in [0.05, 0.1) is 6.16 Å². The van der Waals surface area contributed by atoms with Gasteiger partial charge in [-0.25, -0.2) is 0 Å². The summed E-state index contributed by atoms with van der Waals surface area (Å²) < 4.78 is 3.89. The maximum atomic E-state index is 2.51. The van der Waals surface area contributed by atoms with Crippen LogP contribution in [0.3, 0.4) is 0 Å². The summed E-state index contributed by atoms with van der Waals surface area (Å²) in [6.45, 7) is 3.33. The topological polar surface area (TPSA) is 3.88 Å². The Morgan fingerprint density at radius 3 is 1.57 bits per heavy atom. The zero-order chi connectivity index (χ0) is 22.5. The lowest BCUT2D eigenvalue weighted by Gasteiger charge is -2.27. The lowest BCUT2D eigenvalue weighted by atomic mass is 10.3. The highest BCUT2D eigenvalue weighted by molar-refractivity contribution is 7.95. The standard InChI is InChI=1S/C30H30NPS.2BrH/c1-25-31(29-21-11-12-22-30(29)33-25)23-13-14-24-32(26-15-5-2-6-16-26,27-17-7-3-8-18-27)28-19-9-4-10-20-28;;/h2-12,15-22H,13-14,23-24H2,1H3;2*1H/q+2;;/p-2. The molecule has 0 fully saturated rings. The van der Waals surface area contributed by atoms with E-state index in [2.05, 4.69) is 127 Å². The molecule has 5 heteroatoms. The van der Waals surface area contributed by atoms with Gasteiger partial charge in [-0.3, -0.25) is 0 Å². The van der Waals surface area contributed by atoms with Crippen LogP contribution in [0.25, 0.3) is 10.2 Å². The number of aromatic nitrogens is 1. The second-order valence-corrected chi connectivity index (χ2v) is 13.3. The molecule has 0 bridgehead atoms. The third-order valence-corrected chi connectivity index (χ3v) is 12.1. The van der Waals surface area contributed by atoms with Crippen molar-refractivity contribution in [3.8, 4) is 0 Å². The second-order valence-electron chi connectivity index (χ2n) is 8.49. The van der Waals surface area contributed by atoms with Crippen LogP contribution in [0.4, 0.5) is 0 Å². The molecule has 1 aromatic heterocycles. The Hall–Kier alpha value is -1.84. The van der Waals surface area contributed by atoms with Gasteiger partial charge in [-0.15, -0.1) is 0 Å². The molecule has 1 heterocycles. The molecule has 5 aromatic rings. The number of hydrogen-bond donors (Lipinski definition) is 0. The van der Waals surface area contributed by atoms with E-state index in [0.717, 1.165) is 6.54 Å². The van der Waals surface area contributed by atoms with Crippen LogP contribution in [0.1, 0.15) is 17.8 Å². The van der Waals surface area contributed by atoms with E-state index >= 15 is 0 Å². The van der Waals surface area contributed by atoms with Crippen LogP contribution in [-0.2, 0) is 6.54 Å². The van der Waals surface area contributed by atoms with E-state index in [-0.39, 0.29) is 34.0 Å². The fraction of sp³-hybridized carbons (Fsp3) is 0.167. The molecule has 0 saturated heterocycles. The zero-order valence-corrected chi connectivity index (χ0v) is 24.7. The first-order valence-corrected chi connectivity index (χ1v) is 14.5.